The van der Waals surface area contributed by atoms with Crippen molar-refractivity contribution in [2.75, 3.05) is 13.1 Å². The molecule has 1 aromatic heterocycles. The number of hydrogen-bond donors (Lipinski definition) is 1. The molecule has 1 amide bonds. The Labute approximate surface area is 94.0 Å². The summed E-state index contributed by atoms with van der Waals surface area (Å²) < 4.78 is 0. The van der Waals surface area contributed by atoms with Gasteiger partial charge in [-0.1, -0.05) is 18.5 Å². The number of amides is 1. The van der Waals surface area contributed by atoms with Crippen LogP contribution in [0.1, 0.15) is 12.6 Å². The van der Waals surface area contributed by atoms with Gasteiger partial charge >= 0.3 is 0 Å². The highest BCUT2D eigenvalue weighted by molar-refractivity contribution is 6.30. The summed E-state index contributed by atoms with van der Waals surface area (Å²) in [5.41, 5.74) is 5.96. The van der Waals surface area contributed by atoms with Crippen molar-refractivity contribution in [3.63, 3.8) is 0 Å². The molecule has 0 saturated carbocycles. The summed E-state index contributed by atoms with van der Waals surface area (Å²) in [5.74, 6) is -0.334. The van der Waals surface area contributed by atoms with Crippen molar-refractivity contribution in [3.05, 3.63) is 29.0 Å². The summed E-state index contributed by atoms with van der Waals surface area (Å²) in [7, 11) is 0. The summed E-state index contributed by atoms with van der Waals surface area (Å²) >= 11 is 5.83. The fourth-order valence-electron chi connectivity index (χ4n) is 1.26. The molecule has 0 aliphatic rings. The Hall–Kier alpha value is -1.13. The van der Waals surface area contributed by atoms with Crippen molar-refractivity contribution in [1.29, 1.82) is 0 Å². The molecular weight excluding hydrogens is 214 g/mol. The van der Waals surface area contributed by atoms with Crippen LogP contribution in [0.4, 0.5) is 0 Å². The second-order valence-electron chi connectivity index (χ2n) is 3.23. The molecule has 0 aliphatic carbocycles. The van der Waals surface area contributed by atoms with E-state index in [4.69, 9.17) is 17.3 Å². The van der Waals surface area contributed by atoms with Crippen molar-refractivity contribution >= 4 is 17.5 Å². The lowest BCUT2D eigenvalue weighted by atomic mass is 10.3. The Bertz CT molecular complexity index is 343. The molecule has 0 bridgehead atoms. The molecule has 82 valence electrons. The first kappa shape index (κ1) is 11.9. The van der Waals surface area contributed by atoms with Crippen LogP contribution in [0.25, 0.3) is 0 Å². The zero-order chi connectivity index (χ0) is 11.3. The Kier molecular flexibility index (Phi) is 4.52. The Balaban J connectivity index is 2.62. The predicted octanol–water partition coefficient (Wildman–Crippen LogP) is 1.04. The zero-order valence-electron chi connectivity index (χ0n) is 8.61. The second kappa shape index (κ2) is 5.68. The van der Waals surface area contributed by atoms with Crippen LogP contribution in [0.3, 0.4) is 0 Å². The molecule has 0 saturated heterocycles. The number of halogens is 1. The standard InChI is InChI=1S/C10H14ClN3O/c1-2-14(7-10(12)15)6-9-5-8(11)3-4-13-9/h3-5H,2,6-7H2,1H3,(H2,12,15). The van der Waals surface area contributed by atoms with Crippen LogP contribution >= 0.6 is 11.6 Å². The third-order valence-electron chi connectivity index (χ3n) is 1.99. The Morgan fingerprint density at radius 1 is 1.67 bits per heavy atom. The first-order valence-electron chi connectivity index (χ1n) is 4.73. The summed E-state index contributed by atoms with van der Waals surface area (Å²) in [6.45, 7) is 3.54. The molecule has 0 spiro atoms. The quantitative estimate of drug-likeness (QED) is 0.818. The number of hydrogen-bond acceptors (Lipinski definition) is 3. The third kappa shape index (κ3) is 4.27. The molecule has 4 nitrogen and oxygen atoms in total. The average Bonchev–Trinajstić information content (AvgIpc) is 2.16. The number of rotatable bonds is 5. The van der Waals surface area contributed by atoms with Gasteiger partial charge in [-0.05, 0) is 18.7 Å². The number of carbonyl (C=O) groups is 1. The minimum atomic E-state index is -0.334. The molecule has 15 heavy (non-hydrogen) atoms. The van der Waals surface area contributed by atoms with Crippen LogP contribution in [0.2, 0.25) is 5.02 Å². The number of nitrogens with zero attached hydrogens (tertiary/aromatic N) is 2. The van der Waals surface area contributed by atoms with Gasteiger partial charge in [0.15, 0.2) is 0 Å². The summed E-state index contributed by atoms with van der Waals surface area (Å²) in [6.07, 6.45) is 1.65. The molecular formula is C10H14ClN3O. The molecule has 5 heteroatoms. The van der Waals surface area contributed by atoms with Gasteiger partial charge in [-0.15, -0.1) is 0 Å². The maximum atomic E-state index is 10.8. The van der Waals surface area contributed by atoms with Crippen LogP contribution in [0, 0.1) is 0 Å². The molecule has 0 atom stereocenters. The van der Waals surface area contributed by atoms with Crippen LogP contribution in [0.5, 0.6) is 0 Å². The monoisotopic (exact) mass is 227 g/mol. The third-order valence-corrected chi connectivity index (χ3v) is 2.23. The van der Waals surface area contributed by atoms with Gasteiger partial charge in [0.2, 0.25) is 5.91 Å². The highest BCUT2D eigenvalue weighted by Crippen LogP contribution is 2.09. The van der Waals surface area contributed by atoms with E-state index in [-0.39, 0.29) is 12.5 Å². The van der Waals surface area contributed by atoms with Crippen LogP contribution in [0.15, 0.2) is 18.3 Å². The molecule has 0 radical (unpaired) electrons. The van der Waals surface area contributed by atoms with E-state index in [9.17, 15) is 4.79 Å². The fraction of sp³-hybridized carbons (Fsp3) is 0.400. The lowest BCUT2D eigenvalue weighted by Gasteiger charge is -2.17. The van der Waals surface area contributed by atoms with E-state index in [1.165, 1.54) is 0 Å². The van der Waals surface area contributed by atoms with Gasteiger partial charge < -0.3 is 5.73 Å². The summed E-state index contributed by atoms with van der Waals surface area (Å²) in [5, 5.41) is 0.648. The lowest BCUT2D eigenvalue weighted by Crippen LogP contribution is -2.33. The number of carbonyl (C=O) groups excluding carboxylic acids is 1. The molecule has 1 aromatic rings. The van der Waals surface area contributed by atoms with E-state index >= 15 is 0 Å². The molecule has 1 rings (SSSR count). The lowest BCUT2D eigenvalue weighted by molar-refractivity contribution is -0.119. The van der Waals surface area contributed by atoms with Crippen LogP contribution in [-0.4, -0.2) is 28.9 Å². The minimum absolute atomic E-state index is 0.241. The largest absolute Gasteiger partial charge is 0.369 e. The topological polar surface area (TPSA) is 59.2 Å². The maximum Gasteiger partial charge on any atom is 0.231 e. The van der Waals surface area contributed by atoms with Crippen molar-refractivity contribution in [3.8, 4) is 0 Å². The fourth-order valence-corrected chi connectivity index (χ4v) is 1.45. The number of aromatic nitrogens is 1. The number of primary amides is 1. The van der Waals surface area contributed by atoms with Crippen molar-refractivity contribution in [2.45, 2.75) is 13.5 Å². The average molecular weight is 228 g/mol. The Morgan fingerprint density at radius 3 is 2.93 bits per heavy atom. The van der Waals surface area contributed by atoms with Crippen LogP contribution in [-0.2, 0) is 11.3 Å². The van der Waals surface area contributed by atoms with Gasteiger partial charge in [-0.25, -0.2) is 0 Å². The molecule has 0 aromatic carbocycles. The van der Waals surface area contributed by atoms with Gasteiger partial charge in [0.1, 0.15) is 0 Å². The highest BCUT2D eigenvalue weighted by atomic mass is 35.5. The normalized spacial score (nSPS) is 10.6. The molecule has 2 N–H and O–H groups in total. The summed E-state index contributed by atoms with van der Waals surface area (Å²) in [4.78, 5) is 16.8. The number of pyridine rings is 1. The van der Waals surface area contributed by atoms with E-state index in [1.54, 1.807) is 18.3 Å². The number of likely N-dealkylation sites (N-methyl/N-ethyl adjacent to an activating group) is 1. The van der Waals surface area contributed by atoms with Gasteiger partial charge in [-0.2, -0.15) is 0 Å². The molecule has 0 fully saturated rings. The van der Waals surface area contributed by atoms with Gasteiger partial charge in [0, 0.05) is 17.8 Å². The first-order chi connectivity index (χ1) is 7.11. The van der Waals surface area contributed by atoms with Crippen LogP contribution < -0.4 is 5.73 Å². The van der Waals surface area contributed by atoms with E-state index in [1.807, 2.05) is 11.8 Å². The molecule has 0 unspecified atom stereocenters. The minimum Gasteiger partial charge on any atom is -0.369 e. The Morgan fingerprint density at radius 2 is 2.40 bits per heavy atom. The van der Waals surface area contributed by atoms with Crippen molar-refractivity contribution < 1.29 is 4.79 Å². The van der Waals surface area contributed by atoms with Crippen molar-refractivity contribution in [1.82, 2.24) is 9.88 Å². The summed E-state index contributed by atoms with van der Waals surface area (Å²) in [6, 6.07) is 3.50. The SMILES string of the molecule is CCN(CC(N)=O)Cc1cc(Cl)ccn1. The van der Waals surface area contributed by atoms with Gasteiger partial charge in [-0.3, -0.25) is 14.7 Å². The van der Waals surface area contributed by atoms with Gasteiger partial charge in [0.05, 0.1) is 12.2 Å². The van der Waals surface area contributed by atoms with E-state index in [2.05, 4.69) is 4.98 Å². The zero-order valence-corrected chi connectivity index (χ0v) is 9.37. The van der Waals surface area contributed by atoms with Crippen molar-refractivity contribution in [2.24, 2.45) is 5.73 Å². The highest BCUT2D eigenvalue weighted by Gasteiger charge is 2.07. The van der Waals surface area contributed by atoms with E-state index in [0.29, 0.717) is 11.6 Å². The smallest absolute Gasteiger partial charge is 0.231 e. The van der Waals surface area contributed by atoms with E-state index in [0.717, 1.165) is 12.2 Å². The van der Waals surface area contributed by atoms with Gasteiger partial charge in [0.25, 0.3) is 0 Å². The maximum absolute atomic E-state index is 10.8. The second-order valence-corrected chi connectivity index (χ2v) is 3.67. The molecule has 0 aliphatic heterocycles. The molecule has 1 heterocycles. The number of nitrogens with two attached hydrogens (primary N) is 1. The predicted molar refractivity (Wildman–Crippen MR) is 59.4 cm³/mol. The first-order valence-corrected chi connectivity index (χ1v) is 5.10. The van der Waals surface area contributed by atoms with E-state index < -0.39 is 0 Å².